The molecule has 0 unspecified atom stereocenters. The molecule has 0 aliphatic carbocycles. The molecule has 2 atom stereocenters. The zero-order chi connectivity index (χ0) is 16.1. The van der Waals surface area contributed by atoms with E-state index in [1.54, 1.807) is 0 Å². The number of amides is 1. The number of nitrogens with zero attached hydrogens (tertiary/aromatic N) is 1. The molecule has 1 aromatic rings. The van der Waals surface area contributed by atoms with Gasteiger partial charge in [-0.3, -0.25) is 4.79 Å². The van der Waals surface area contributed by atoms with Gasteiger partial charge < -0.3 is 19.1 Å². The van der Waals surface area contributed by atoms with E-state index < -0.39 is 12.0 Å². The first-order chi connectivity index (χ1) is 10.5. The molecule has 7 heteroatoms. The van der Waals surface area contributed by atoms with Crippen molar-refractivity contribution in [2.24, 2.45) is 0 Å². The molecule has 6 nitrogen and oxygen atoms in total. The molecule has 1 aliphatic rings. The molecular formula is C15H18FNO5. The normalized spacial score (nSPS) is 20.8. The summed E-state index contributed by atoms with van der Waals surface area (Å²) in [7, 11) is 2.81. The fourth-order valence-corrected chi connectivity index (χ4v) is 2.36. The number of ether oxygens (including phenoxy) is 3. The second-order valence-electron chi connectivity index (χ2n) is 4.92. The molecule has 1 aliphatic heterocycles. The van der Waals surface area contributed by atoms with Gasteiger partial charge in [-0.15, -0.1) is 0 Å². The number of carbonyl (C=O) groups excluding carboxylic acids is 2. The molecule has 1 fully saturated rings. The molecule has 0 N–H and O–H groups in total. The number of hydrogen-bond acceptors (Lipinski definition) is 5. The zero-order valence-corrected chi connectivity index (χ0v) is 12.5. The fraction of sp³-hybridized carbons (Fsp3) is 0.467. The van der Waals surface area contributed by atoms with Crippen molar-refractivity contribution >= 4 is 11.9 Å². The van der Waals surface area contributed by atoms with Crippen LogP contribution in [0.1, 0.15) is 6.42 Å². The average Bonchev–Trinajstić information content (AvgIpc) is 2.97. The first kappa shape index (κ1) is 16.2. The van der Waals surface area contributed by atoms with Gasteiger partial charge in [-0.2, -0.15) is 0 Å². The number of benzene rings is 1. The third-order valence-corrected chi connectivity index (χ3v) is 3.57. The van der Waals surface area contributed by atoms with Crippen LogP contribution >= 0.6 is 0 Å². The van der Waals surface area contributed by atoms with Gasteiger partial charge in [0.05, 0.1) is 13.2 Å². The predicted octanol–water partition coefficient (Wildman–Crippen LogP) is 0.993. The van der Waals surface area contributed by atoms with E-state index in [1.165, 1.54) is 43.4 Å². The molecule has 1 saturated heterocycles. The molecular weight excluding hydrogens is 293 g/mol. The Labute approximate surface area is 127 Å². The smallest absolute Gasteiger partial charge is 0.328 e. The van der Waals surface area contributed by atoms with Gasteiger partial charge in [0.1, 0.15) is 17.6 Å². The van der Waals surface area contributed by atoms with Crippen molar-refractivity contribution in [1.29, 1.82) is 0 Å². The van der Waals surface area contributed by atoms with Crippen molar-refractivity contribution in [1.82, 2.24) is 4.90 Å². The Morgan fingerprint density at radius 3 is 2.55 bits per heavy atom. The molecule has 1 aromatic carbocycles. The van der Waals surface area contributed by atoms with Crippen LogP contribution in [0.3, 0.4) is 0 Å². The maximum atomic E-state index is 12.8. The first-order valence-electron chi connectivity index (χ1n) is 6.83. The highest BCUT2D eigenvalue weighted by atomic mass is 19.1. The largest absolute Gasteiger partial charge is 0.484 e. The van der Waals surface area contributed by atoms with E-state index in [4.69, 9.17) is 14.2 Å². The second kappa shape index (κ2) is 7.22. The van der Waals surface area contributed by atoms with E-state index in [1.807, 2.05) is 0 Å². The van der Waals surface area contributed by atoms with Gasteiger partial charge in [0.15, 0.2) is 6.61 Å². The Balaban J connectivity index is 1.97. The lowest BCUT2D eigenvalue weighted by Gasteiger charge is -2.22. The Kier molecular flexibility index (Phi) is 5.32. The van der Waals surface area contributed by atoms with E-state index in [0.717, 1.165) is 0 Å². The monoisotopic (exact) mass is 311 g/mol. The lowest BCUT2D eigenvalue weighted by atomic mass is 10.2. The Bertz CT molecular complexity index is 533. The summed E-state index contributed by atoms with van der Waals surface area (Å²) < 4.78 is 28.0. The van der Waals surface area contributed by atoms with E-state index in [9.17, 15) is 14.0 Å². The lowest BCUT2D eigenvalue weighted by Crippen LogP contribution is -2.43. The van der Waals surface area contributed by atoms with Crippen LogP contribution < -0.4 is 4.74 Å². The second-order valence-corrected chi connectivity index (χ2v) is 4.92. The van der Waals surface area contributed by atoms with Crippen molar-refractivity contribution in [3.8, 4) is 5.75 Å². The summed E-state index contributed by atoms with van der Waals surface area (Å²) in [6.45, 7) is 0.0669. The Hall–Kier alpha value is -2.15. The van der Waals surface area contributed by atoms with Crippen LogP contribution in [0.5, 0.6) is 5.75 Å². The lowest BCUT2D eigenvalue weighted by molar-refractivity contribution is -0.151. The number of likely N-dealkylation sites (tertiary alicyclic amines) is 1. The van der Waals surface area contributed by atoms with Crippen molar-refractivity contribution in [2.75, 3.05) is 27.4 Å². The minimum Gasteiger partial charge on any atom is -0.484 e. The average molecular weight is 311 g/mol. The molecule has 0 spiro atoms. The number of methoxy groups -OCH3 is 2. The Morgan fingerprint density at radius 1 is 1.27 bits per heavy atom. The first-order valence-corrected chi connectivity index (χ1v) is 6.83. The summed E-state index contributed by atoms with van der Waals surface area (Å²) in [5.74, 6) is -0.826. The van der Waals surface area contributed by atoms with E-state index >= 15 is 0 Å². The van der Waals surface area contributed by atoms with E-state index in [-0.39, 0.29) is 24.4 Å². The maximum Gasteiger partial charge on any atom is 0.328 e. The standard InChI is InChI=1S/C15H18FNO5/c1-20-12-7-13(15(19)21-2)17(8-12)14(18)9-22-11-5-3-10(16)4-6-11/h3-6,12-13H,7-9H2,1-2H3/t12-,13-/m1/s1. The summed E-state index contributed by atoms with van der Waals surface area (Å²) in [4.78, 5) is 25.4. The van der Waals surface area contributed by atoms with E-state index in [0.29, 0.717) is 18.7 Å². The quantitative estimate of drug-likeness (QED) is 0.759. The summed E-state index contributed by atoms with van der Waals surface area (Å²) in [5.41, 5.74) is 0. The molecule has 0 saturated carbocycles. The summed E-state index contributed by atoms with van der Waals surface area (Å²) >= 11 is 0. The van der Waals surface area contributed by atoms with Crippen LogP contribution in [0.15, 0.2) is 24.3 Å². The number of halogens is 1. The third kappa shape index (κ3) is 3.73. The molecule has 0 aromatic heterocycles. The van der Waals surface area contributed by atoms with Gasteiger partial charge in [0.2, 0.25) is 0 Å². The molecule has 22 heavy (non-hydrogen) atoms. The number of rotatable bonds is 5. The minimum absolute atomic E-state index is 0.209. The third-order valence-electron chi connectivity index (χ3n) is 3.57. The molecule has 120 valence electrons. The van der Waals surface area contributed by atoms with Crippen LogP contribution in [0.4, 0.5) is 4.39 Å². The van der Waals surface area contributed by atoms with E-state index in [2.05, 4.69) is 0 Å². The van der Waals surface area contributed by atoms with Gasteiger partial charge in [0.25, 0.3) is 5.91 Å². The number of esters is 1. The van der Waals surface area contributed by atoms with Crippen LogP contribution in [-0.2, 0) is 19.1 Å². The summed E-state index contributed by atoms with van der Waals surface area (Å²) in [6, 6.07) is 4.69. The van der Waals surface area contributed by atoms with Crippen molar-refractivity contribution in [2.45, 2.75) is 18.6 Å². The maximum absolute atomic E-state index is 12.8. The van der Waals surface area contributed by atoms with Crippen molar-refractivity contribution in [3.63, 3.8) is 0 Å². The molecule has 1 amide bonds. The van der Waals surface area contributed by atoms with Crippen LogP contribution in [0.2, 0.25) is 0 Å². The zero-order valence-electron chi connectivity index (χ0n) is 12.5. The summed E-state index contributed by atoms with van der Waals surface area (Å²) in [6.07, 6.45) is 0.185. The van der Waals surface area contributed by atoms with Crippen LogP contribution in [0.25, 0.3) is 0 Å². The van der Waals surface area contributed by atoms with Crippen LogP contribution in [0, 0.1) is 5.82 Å². The predicted molar refractivity (Wildman–Crippen MR) is 74.8 cm³/mol. The van der Waals surface area contributed by atoms with Crippen molar-refractivity contribution < 1.29 is 28.2 Å². The van der Waals surface area contributed by atoms with Gasteiger partial charge in [-0.25, -0.2) is 9.18 Å². The Morgan fingerprint density at radius 2 is 1.95 bits per heavy atom. The molecule has 0 radical (unpaired) electrons. The number of carbonyl (C=O) groups is 2. The SMILES string of the molecule is COC(=O)[C@H]1C[C@@H](OC)CN1C(=O)COc1ccc(F)cc1. The highest BCUT2D eigenvalue weighted by Gasteiger charge is 2.40. The highest BCUT2D eigenvalue weighted by Crippen LogP contribution is 2.21. The summed E-state index contributed by atoms with van der Waals surface area (Å²) in [5, 5.41) is 0. The molecule has 0 bridgehead atoms. The minimum atomic E-state index is -0.667. The highest BCUT2D eigenvalue weighted by molar-refractivity contribution is 5.86. The van der Waals surface area contributed by atoms with Gasteiger partial charge >= 0.3 is 5.97 Å². The van der Waals surface area contributed by atoms with Gasteiger partial charge in [-0.05, 0) is 24.3 Å². The van der Waals surface area contributed by atoms with Crippen molar-refractivity contribution in [3.05, 3.63) is 30.1 Å². The fourth-order valence-electron chi connectivity index (χ4n) is 2.36. The number of hydrogen-bond donors (Lipinski definition) is 0. The topological polar surface area (TPSA) is 65.1 Å². The van der Waals surface area contributed by atoms with Gasteiger partial charge in [0, 0.05) is 20.1 Å². The molecule has 2 rings (SSSR count). The van der Waals surface area contributed by atoms with Crippen LogP contribution in [-0.4, -0.2) is 56.3 Å². The molecule has 1 heterocycles. The van der Waals surface area contributed by atoms with Gasteiger partial charge in [-0.1, -0.05) is 0 Å².